The molecule has 1 fully saturated rings. The molecule has 1 saturated heterocycles. The lowest BCUT2D eigenvalue weighted by Crippen LogP contribution is -2.25. The van der Waals surface area contributed by atoms with Crippen molar-refractivity contribution in [3.63, 3.8) is 0 Å². The number of carbonyl (C=O) groups excluding carboxylic acids is 1. The summed E-state index contributed by atoms with van der Waals surface area (Å²) in [5, 5.41) is 3.17. The maximum Gasteiger partial charge on any atom is 0.310 e. The number of hydrogen-bond acceptors (Lipinski definition) is 3. The molecule has 1 N–H and O–H groups in total. The Kier molecular flexibility index (Phi) is 3.02. The average molecular weight is 205 g/mol. The third kappa shape index (κ3) is 2.57. The molecule has 1 heterocycles. The number of benzene rings is 1. The van der Waals surface area contributed by atoms with Crippen molar-refractivity contribution in [2.24, 2.45) is 5.92 Å². The van der Waals surface area contributed by atoms with E-state index >= 15 is 0 Å². The van der Waals surface area contributed by atoms with Crippen molar-refractivity contribution in [1.29, 1.82) is 0 Å². The predicted molar refractivity (Wildman–Crippen MR) is 57.4 cm³/mol. The van der Waals surface area contributed by atoms with Gasteiger partial charge in [-0.2, -0.15) is 0 Å². The fourth-order valence-electron chi connectivity index (χ4n) is 1.76. The Hall–Kier alpha value is -1.35. The van der Waals surface area contributed by atoms with Gasteiger partial charge in [-0.3, -0.25) is 4.79 Å². The van der Waals surface area contributed by atoms with Crippen LogP contribution in [0.5, 0.6) is 0 Å². The molecular weight excluding hydrogens is 190 g/mol. The largest absolute Gasteiger partial charge is 0.469 e. The number of methoxy groups -OCH3 is 1. The SMILES string of the molecule is COC(=O)[C@@H](Cc1ccccc1)[C@@H]1CN1. The second kappa shape index (κ2) is 4.45. The number of rotatable bonds is 4. The topological polar surface area (TPSA) is 48.2 Å². The standard InChI is InChI=1S/C12H15NO2/c1-15-12(14)10(11-8-13-11)7-9-5-3-2-4-6-9/h2-6,10-11,13H,7-8H2,1H3/t10-,11-/m0/s1. The monoisotopic (exact) mass is 205 g/mol. The van der Waals surface area contributed by atoms with Gasteiger partial charge in [-0.05, 0) is 12.0 Å². The van der Waals surface area contributed by atoms with E-state index in [0.29, 0.717) is 6.04 Å². The van der Waals surface area contributed by atoms with Gasteiger partial charge >= 0.3 is 5.97 Å². The molecule has 2 atom stereocenters. The van der Waals surface area contributed by atoms with Crippen molar-refractivity contribution in [1.82, 2.24) is 5.32 Å². The third-order valence-electron chi connectivity index (χ3n) is 2.73. The van der Waals surface area contributed by atoms with E-state index < -0.39 is 0 Å². The molecule has 1 aliphatic heterocycles. The van der Waals surface area contributed by atoms with E-state index in [-0.39, 0.29) is 11.9 Å². The van der Waals surface area contributed by atoms with Gasteiger partial charge in [0.15, 0.2) is 0 Å². The molecule has 0 saturated carbocycles. The van der Waals surface area contributed by atoms with E-state index in [1.807, 2.05) is 30.3 Å². The van der Waals surface area contributed by atoms with Crippen LogP contribution in [-0.4, -0.2) is 25.7 Å². The molecule has 2 rings (SSSR count). The van der Waals surface area contributed by atoms with Gasteiger partial charge in [0, 0.05) is 12.6 Å². The summed E-state index contributed by atoms with van der Waals surface area (Å²) in [4.78, 5) is 11.5. The molecule has 80 valence electrons. The fourth-order valence-corrected chi connectivity index (χ4v) is 1.76. The van der Waals surface area contributed by atoms with Crippen molar-refractivity contribution in [3.05, 3.63) is 35.9 Å². The molecule has 15 heavy (non-hydrogen) atoms. The maximum atomic E-state index is 11.5. The van der Waals surface area contributed by atoms with Crippen LogP contribution >= 0.6 is 0 Å². The first kappa shape index (κ1) is 10.2. The van der Waals surface area contributed by atoms with Crippen LogP contribution in [-0.2, 0) is 16.0 Å². The molecule has 0 unspecified atom stereocenters. The molecular formula is C12H15NO2. The highest BCUT2D eigenvalue weighted by Gasteiger charge is 2.36. The van der Waals surface area contributed by atoms with Crippen molar-refractivity contribution >= 4 is 5.97 Å². The summed E-state index contributed by atoms with van der Waals surface area (Å²) in [7, 11) is 1.45. The number of ether oxygens (including phenoxy) is 1. The zero-order chi connectivity index (χ0) is 10.7. The maximum absolute atomic E-state index is 11.5. The second-order valence-electron chi connectivity index (χ2n) is 3.83. The first-order chi connectivity index (χ1) is 7.31. The van der Waals surface area contributed by atoms with Gasteiger partial charge in [0.2, 0.25) is 0 Å². The van der Waals surface area contributed by atoms with Crippen LogP contribution in [0.4, 0.5) is 0 Å². The van der Waals surface area contributed by atoms with Crippen LogP contribution in [0.3, 0.4) is 0 Å². The van der Waals surface area contributed by atoms with E-state index in [1.165, 1.54) is 12.7 Å². The Morgan fingerprint density at radius 1 is 1.53 bits per heavy atom. The van der Waals surface area contributed by atoms with Gasteiger partial charge in [0.1, 0.15) is 0 Å². The normalized spacial score (nSPS) is 20.7. The van der Waals surface area contributed by atoms with E-state index in [4.69, 9.17) is 4.74 Å². The van der Waals surface area contributed by atoms with E-state index in [9.17, 15) is 4.79 Å². The first-order valence-corrected chi connectivity index (χ1v) is 5.16. The van der Waals surface area contributed by atoms with Gasteiger partial charge in [-0.25, -0.2) is 0 Å². The van der Waals surface area contributed by atoms with Gasteiger partial charge in [-0.1, -0.05) is 30.3 Å². The van der Waals surface area contributed by atoms with Crippen LogP contribution in [0.2, 0.25) is 0 Å². The molecule has 0 aliphatic carbocycles. The lowest BCUT2D eigenvalue weighted by molar-refractivity contribution is -0.145. The predicted octanol–water partition coefficient (Wildman–Crippen LogP) is 0.990. The smallest absolute Gasteiger partial charge is 0.310 e. The summed E-state index contributed by atoms with van der Waals surface area (Å²) in [6, 6.07) is 10.3. The molecule has 0 radical (unpaired) electrons. The molecule has 1 aromatic rings. The highest BCUT2D eigenvalue weighted by atomic mass is 16.5. The quantitative estimate of drug-likeness (QED) is 0.589. The minimum atomic E-state index is -0.117. The number of nitrogens with one attached hydrogen (secondary N) is 1. The molecule has 0 amide bonds. The van der Waals surface area contributed by atoms with Gasteiger partial charge < -0.3 is 10.1 Å². The Bertz CT molecular complexity index is 333. The zero-order valence-corrected chi connectivity index (χ0v) is 8.77. The van der Waals surface area contributed by atoms with E-state index in [0.717, 1.165) is 13.0 Å². The summed E-state index contributed by atoms with van der Waals surface area (Å²) >= 11 is 0. The molecule has 3 heteroatoms. The average Bonchev–Trinajstić information content (AvgIpc) is 3.10. The highest BCUT2D eigenvalue weighted by molar-refractivity contribution is 5.74. The van der Waals surface area contributed by atoms with Gasteiger partial charge in [0.05, 0.1) is 13.0 Å². The van der Waals surface area contributed by atoms with E-state index in [1.54, 1.807) is 0 Å². The summed E-state index contributed by atoms with van der Waals surface area (Å²) in [6.07, 6.45) is 0.755. The molecule has 0 aromatic heterocycles. The van der Waals surface area contributed by atoms with Gasteiger partial charge in [-0.15, -0.1) is 0 Å². The van der Waals surface area contributed by atoms with Crippen molar-refractivity contribution < 1.29 is 9.53 Å². The minimum absolute atomic E-state index is 0.0441. The first-order valence-electron chi connectivity index (χ1n) is 5.16. The summed E-state index contributed by atoms with van der Waals surface area (Å²) in [5.41, 5.74) is 1.18. The summed E-state index contributed by atoms with van der Waals surface area (Å²) in [6.45, 7) is 0.923. The molecule has 1 aliphatic rings. The molecule has 0 bridgehead atoms. The van der Waals surface area contributed by atoms with Gasteiger partial charge in [0.25, 0.3) is 0 Å². The summed E-state index contributed by atoms with van der Waals surface area (Å²) in [5.74, 6) is -0.161. The fraction of sp³-hybridized carbons (Fsp3) is 0.417. The highest BCUT2D eigenvalue weighted by Crippen LogP contribution is 2.19. The van der Waals surface area contributed by atoms with Crippen LogP contribution in [0.25, 0.3) is 0 Å². The Balaban J connectivity index is 2.04. The van der Waals surface area contributed by atoms with Crippen LogP contribution in [0.1, 0.15) is 5.56 Å². The van der Waals surface area contributed by atoms with Crippen molar-refractivity contribution in [2.75, 3.05) is 13.7 Å². The Morgan fingerprint density at radius 3 is 2.73 bits per heavy atom. The Labute approximate surface area is 89.4 Å². The number of carbonyl (C=O) groups is 1. The molecule has 0 spiro atoms. The lowest BCUT2D eigenvalue weighted by atomic mass is 9.96. The Morgan fingerprint density at radius 2 is 2.20 bits per heavy atom. The van der Waals surface area contributed by atoms with Crippen molar-refractivity contribution in [2.45, 2.75) is 12.5 Å². The van der Waals surface area contributed by atoms with Crippen LogP contribution in [0, 0.1) is 5.92 Å². The van der Waals surface area contributed by atoms with Crippen LogP contribution in [0.15, 0.2) is 30.3 Å². The molecule has 3 nitrogen and oxygen atoms in total. The number of esters is 1. The van der Waals surface area contributed by atoms with Crippen LogP contribution < -0.4 is 5.32 Å². The summed E-state index contributed by atoms with van der Waals surface area (Å²) < 4.78 is 4.81. The van der Waals surface area contributed by atoms with E-state index in [2.05, 4.69) is 5.32 Å². The minimum Gasteiger partial charge on any atom is -0.469 e. The third-order valence-corrected chi connectivity index (χ3v) is 2.73. The van der Waals surface area contributed by atoms with Crippen molar-refractivity contribution in [3.8, 4) is 0 Å². The number of hydrogen-bond donors (Lipinski definition) is 1. The zero-order valence-electron chi connectivity index (χ0n) is 8.77. The molecule has 1 aromatic carbocycles. The second-order valence-corrected chi connectivity index (χ2v) is 3.83. The lowest BCUT2D eigenvalue weighted by Gasteiger charge is -2.12.